The Kier molecular flexibility index (Phi) is 4.25. The molecule has 3 heteroatoms. The van der Waals surface area contributed by atoms with Crippen LogP contribution in [0.2, 0.25) is 0 Å². The summed E-state index contributed by atoms with van der Waals surface area (Å²) in [6, 6.07) is 4.58. The van der Waals surface area contributed by atoms with Crippen LogP contribution in [0.15, 0.2) is 16.8 Å². The van der Waals surface area contributed by atoms with Crippen molar-refractivity contribution in [2.24, 2.45) is 0 Å². The lowest BCUT2D eigenvalue weighted by Crippen LogP contribution is -2.58. The molecular weight excluding hydrogens is 252 g/mol. The summed E-state index contributed by atoms with van der Waals surface area (Å²) in [6.07, 6.45) is 5.33. The zero-order valence-electron chi connectivity index (χ0n) is 12.2. The van der Waals surface area contributed by atoms with Gasteiger partial charge < -0.3 is 0 Å². The zero-order chi connectivity index (χ0) is 13.2. The molecule has 2 fully saturated rings. The molecule has 3 heterocycles. The average Bonchev–Trinajstić information content (AvgIpc) is 3.07. The molecule has 2 saturated heterocycles. The van der Waals surface area contributed by atoms with Gasteiger partial charge in [-0.05, 0) is 61.5 Å². The third kappa shape index (κ3) is 2.88. The minimum Gasteiger partial charge on any atom is -0.298 e. The average molecular weight is 278 g/mol. The van der Waals surface area contributed by atoms with Gasteiger partial charge in [0.1, 0.15) is 0 Å². The first kappa shape index (κ1) is 13.6. The summed E-state index contributed by atoms with van der Waals surface area (Å²) in [5, 5.41) is 4.51. The van der Waals surface area contributed by atoms with E-state index < -0.39 is 0 Å². The van der Waals surface area contributed by atoms with Crippen LogP contribution in [0.4, 0.5) is 0 Å². The molecule has 3 rings (SSSR count). The van der Waals surface area contributed by atoms with Gasteiger partial charge in [-0.15, -0.1) is 0 Å². The number of rotatable bonds is 4. The Labute approximate surface area is 121 Å². The predicted octanol–water partition coefficient (Wildman–Crippen LogP) is 3.24. The maximum atomic E-state index is 2.80. The maximum Gasteiger partial charge on any atom is 0.0224 e. The smallest absolute Gasteiger partial charge is 0.0224 e. The van der Waals surface area contributed by atoms with E-state index >= 15 is 0 Å². The van der Waals surface area contributed by atoms with Crippen molar-refractivity contribution < 1.29 is 0 Å². The highest BCUT2D eigenvalue weighted by atomic mass is 32.1. The lowest BCUT2D eigenvalue weighted by atomic mass is 10.00. The molecule has 2 aliphatic heterocycles. The molecule has 3 unspecified atom stereocenters. The summed E-state index contributed by atoms with van der Waals surface area (Å²) in [6.45, 7) is 8.71. The van der Waals surface area contributed by atoms with Crippen molar-refractivity contribution in [3.05, 3.63) is 22.4 Å². The molecule has 3 atom stereocenters. The van der Waals surface area contributed by atoms with E-state index in [1.54, 1.807) is 0 Å². The Bertz CT molecular complexity index is 389. The number of nitrogens with zero attached hydrogens (tertiary/aromatic N) is 2. The quantitative estimate of drug-likeness (QED) is 0.834. The normalized spacial score (nSPS) is 30.4. The van der Waals surface area contributed by atoms with Gasteiger partial charge in [-0.3, -0.25) is 9.80 Å². The summed E-state index contributed by atoms with van der Waals surface area (Å²) in [7, 11) is 0. The fourth-order valence-corrected chi connectivity index (χ4v) is 4.56. The van der Waals surface area contributed by atoms with E-state index in [9.17, 15) is 0 Å². The van der Waals surface area contributed by atoms with Crippen molar-refractivity contribution in [3.8, 4) is 0 Å². The summed E-state index contributed by atoms with van der Waals surface area (Å²) in [5.74, 6) is 0. The molecule has 0 saturated carbocycles. The Morgan fingerprint density at radius 1 is 1.42 bits per heavy atom. The van der Waals surface area contributed by atoms with Gasteiger partial charge in [0.05, 0.1) is 0 Å². The lowest BCUT2D eigenvalue weighted by molar-refractivity contribution is 0.0234. The fraction of sp³-hybridized carbons (Fsp3) is 0.750. The van der Waals surface area contributed by atoms with Gasteiger partial charge >= 0.3 is 0 Å². The van der Waals surface area contributed by atoms with Gasteiger partial charge in [0.2, 0.25) is 0 Å². The van der Waals surface area contributed by atoms with Gasteiger partial charge in [-0.1, -0.05) is 6.92 Å². The molecule has 0 aliphatic carbocycles. The highest BCUT2D eigenvalue weighted by Crippen LogP contribution is 2.28. The molecule has 106 valence electrons. The summed E-state index contributed by atoms with van der Waals surface area (Å²) >= 11 is 1.82. The Balaban J connectivity index is 1.67. The second-order valence-electron chi connectivity index (χ2n) is 6.23. The largest absolute Gasteiger partial charge is 0.298 e. The highest BCUT2D eigenvalue weighted by molar-refractivity contribution is 7.07. The summed E-state index contributed by atoms with van der Waals surface area (Å²) in [4.78, 5) is 5.53. The SMILES string of the molecule is CCC1CN2CCCC2CN1C(C)Cc1ccsc1. The molecule has 1 aromatic rings. The summed E-state index contributed by atoms with van der Waals surface area (Å²) < 4.78 is 0. The third-order valence-corrected chi connectivity index (χ3v) is 5.72. The molecular formula is C16H26N2S. The van der Waals surface area contributed by atoms with Crippen LogP contribution in [-0.4, -0.2) is 47.6 Å². The predicted molar refractivity (Wildman–Crippen MR) is 82.9 cm³/mol. The molecule has 0 bridgehead atoms. The number of hydrogen-bond acceptors (Lipinski definition) is 3. The molecule has 0 aromatic carbocycles. The Morgan fingerprint density at radius 2 is 2.32 bits per heavy atom. The molecule has 2 nitrogen and oxygen atoms in total. The molecule has 0 radical (unpaired) electrons. The second kappa shape index (κ2) is 5.94. The van der Waals surface area contributed by atoms with E-state index in [2.05, 4.69) is 40.5 Å². The van der Waals surface area contributed by atoms with Gasteiger partial charge in [0.25, 0.3) is 0 Å². The van der Waals surface area contributed by atoms with Crippen molar-refractivity contribution in [2.75, 3.05) is 19.6 Å². The number of thiophene rings is 1. The van der Waals surface area contributed by atoms with Gasteiger partial charge in [0.15, 0.2) is 0 Å². The molecule has 2 aliphatic rings. The first-order valence-corrected chi connectivity index (χ1v) is 8.73. The molecule has 0 N–H and O–H groups in total. The first-order valence-electron chi connectivity index (χ1n) is 7.78. The van der Waals surface area contributed by atoms with Gasteiger partial charge in [0, 0.05) is 31.2 Å². The summed E-state index contributed by atoms with van der Waals surface area (Å²) in [5.41, 5.74) is 1.52. The van der Waals surface area contributed by atoms with Gasteiger partial charge in [-0.25, -0.2) is 0 Å². The van der Waals surface area contributed by atoms with Crippen molar-refractivity contribution in [1.29, 1.82) is 0 Å². The van der Waals surface area contributed by atoms with E-state index in [0.717, 1.165) is 12.1 Å². The van der Waals surface area contributed by atoms with Crippen LogP contribution in [0.1, 0.15) is 38.7 Å². The van der Waals surface area contributed by atoms with Crippen LogP contribution in [0.25, 0.3) is 0 Å². The van der Waals surface area contributed by atoms with Crippen molar-refractivity contribution in [2.45, 2.75) is 57.7 Å². The topological polar surface area (TPSA) is 6.48 Å². The number of fused-ring (bicyclic) bond motifs is 1. The maximum absolute atomic E-state index is 2.80. The van der Waals surface area contributed by atoms with Gasteiger partial charge in [-0.2, -0.15) is 11.3 Å². The molecule has 19 heavy (non-hydrogen) atoms. The van der Waals surface area contributed by atoms with Crippen LogP contribution in [-0.2, 0) is 6.42 Å². The van der Waals surface area contributed by atoms with Crippen LogP contribution < -0.4 is 0 Å². The number of hydrogen-bond donors (Lipinski definition) is 0. The lowest BCUT2D eigenvalue weighted by Gasteiger charge is -2.46. The first-order chi connectivity index (χ1) is 9.28. The Hall–Kier alpha value is -0.380. The number of piperazine rings is 1. The van der Waals surface area contributed by atoms with Crippen molar-refractivity contribution in [3.63, 3.8) is 0 Å². The van der Waals surface area contributed by atoms with E-state index in [1.165, 1.54) is 50.9 Å². The van der Waals surface area contributed by atoms with E-state index in [4.69, 9.17) is 0 Å². The standard InChI is InChI=1S/C16H26N2S/c1-3-15-10-17-7-4-5-16(17)11-18(15)13(2)9-14-6-8-19-12-14/h6,8,12-13,15-16H,3-5,7,9-11H2,1-2H3. The Morgan fingerprint density at radius 3 is 3.05 bits per heavy atom. The van der Waals surface area contributed by atoms with E-state index in [-0.39, 0.29) is 0 Å². The van der Waals surface area contributed by atoms with Crippen LogP contribution in [0, 0.1) is 0 Å². The molecule has 0 spiro atoms. The minimum absolute atomic E-state index is 0.683. The molecule has 0 amide bonds. The second-order valence-corrected chi connectivity index (χ2v) is 7.01. The van der Waals surface area contributed by atoms with Crippen molar-refractivity contribution in [1.82, 2.24) is 9.80 Å². The van der Waals surface area contributed by atoms with E-state index in [0.29, 0.717) is 6.04 Å². The van der Waals surface area contributed by atoms with E-state index in [1.807, 2.05) is 11.3 Å². The zero-order valence-corrected chi connectivity index (χ0v) is 13.0. The van der Waals surface area contributed by atoms with Crippen LogP contribution in [0.3, 0.4) is 0 Å². The van der Waals surface area contributed by atoms with Crippen LogP contribution >= 0.6 is 11.3 Å². The molecule has 1 aromatic heterocycles. The monoisotopic (exact) mass is 278 g/mol. The highest BCUT2D eigenvalue weighted by Gasteiger charge is 2.37. The van der Waals surface area contributed by atoms with Crippen LogP contribution in [0.5, 0.6) is 0 Å². The third-order valence-electron chi connectivity index (χ3n) is 4.98. The fourth-order valence-electron chi connectivity index (χ4n) is 3.88. The minimum atomic E-state index is 0.683. The van der Waals surface area contributed by atoms with Crippen molar-refractivity contribution >= 4 is 11.3 Å².